The number of carbonyl (C=O) groups is 2. The molecule has 4 rings (SSSR count). The number of nitrogens with one attached hydrogen (secondary N) is 1. The van der Waals surface area contributed by atoms with Gasteiger partial charge in [-0.25, -0.2) is 0 Å². The molecule has 2 aliphatic heterocycles. The van der Waals surface area contributed by atoms with Gasteiger partial charge in [0.1, 0.15) is 0 Å². The summed E-state index contributed by atoms with van der Waals surface area (Å²) in [7, 11) is 0. The lowest BCUT2D eigenvalue weighted by Crippen LogP contribution is -2.40. The molecule has 0 saturated carbocycles. The lowest BCUT2D eigenvalue weighted by molar-refractivity contribution is -0.135. The van der Waals surface area contributed by atoms with Gasteiger partial charge >= 0.3 is 0 Å². The smallest absolute Gasteiger partial charge is 0.300 e. The zero-order valence-corrected chi connectivity index (χ0v) is 17.8. The number of benzene rings is 1. The van der Waals surface area contributed by atoms with E-state index < -0.39 is 5.97 Å². The van der Waals surface area contributed by atoms with Gasteiger partial charge in [0.05, 0.1) is 12.6 Å². The van der Waals surface area contributed by atoms with E-state index in [9.17, 15) is 4.79 Å². The molecule has 2 N–H and O–H groups in total. The van der Waals surface area contributed by atoms with Crippen molar-refractivity contribution in [1.82, 2.24) is 25.0 Å². The Balaban J connectivity index is 0.000000589. The highest BCUT2D eigenvalue weighted by Gasteiger charge is 2.29. The van der Waals surface area contributed by atoms with Crippen LogP contribution in [-0.2, 0) is 16.1 Å². The minimum absolute atomic E-state index is 0.187. The minimum Gasteiger partial charge on any atom is -0.481 e. The summed E-state index contributed by atoms with van der Waals surface area (Å²) in [6.07, 6.45) is 4.04. The van der Waals surface area contributed by atoms with Crippen LogP contribution in [0.3, 0.4) is 0 Å². The van der Waals surface area contributed by atoms with Gasteiger partial charge < -0.3 is 19.9 Å². The first-order valence-corrected chi connectivity index (χ1v) is 10.6. The molecule has 0 radical (unpaired) electrons. The van der Waals surface area contributed by atoms with Crippen molar-refractivity contribution in [3.05, 3.63) is 36.2 Å². The minimum atomic E-state index is -0.833. The molecule has 162 valence electrons. The van der Waals surface area contributed by atoms with E-state index in [1.165, 1.54) is 12.8 Å². The fraction of sp³-hybridized carbons (Fsp3) is 0.545. The Labute approximate surface area is 177 Å². The van der Waals surface area contributed by atoms with E-state index in [1.54, 1.807) is 0 Å². The van der Waals surface area contributed by atoms with Crippen molar-refractivity contribution in [3.8, 4) is 11.4 Å². The first kappa shape index (κ1) is 22.0. The van der Waals surface area contributed by atoms with Gasteiger partial charge in [-0.2, -0.15) is 0 Å². The van der Waals surface area contributed by atoms with E-state index in [0.717, 1.165) is 50.2 Å². The first-order chi connectivity index (χ1) is 14.5. The standard InChI is InChI=1S/C20H27N5O.C2H4O2/c1-15-13-24(19(26)8-7-16-9-11-21-12-10-16)14-18-22-23-20(25(15)18)17-5-3-2-4-6-17;1-2(3)4/h2-6,15-16,21H,7-14H2,1H3;1H3,(H,3,4)/t15-;/m0./s1. The van der Waals surface area contributed by atoms with Crippen LogP contribution in [0.4, 0.5) is 0 Å². The Morgan fingerprint density at radius 2 is 1.83 bits per heavy atom. The van der Waals surface area contributed by atoms with Gasteiger partial charge in [0, 0.05) is 25.5 Å². The Morgan fingerprint density at radius 1 is 1.17 bits per heavy atom. The highest BCUT2D eigenvalue weighted by molar-refractivity contribution is 5.76. The summed E-state index contributed by atoms with van der Waals surface area (Å²) in [4.78, 5) is 23.7. The molecule has 2 aromatic rings. The molecule has 3 heterocycles. The summed E-state index contributed by atoms with van der Waals surface area (Å²) in [5, 5.41) is 19.6. The van der Waals surface area contributed by atoms with E-state index in [4.69, 9.17) is 9.90 Å². The number of amides is 1. The lowest BCUT2D eigenvalue weighted by Gasteiger charge is -2.33. The van der Waals surface area contributed by atoms with Gasteiger partial charge in [0.25, 0.3) is 5.97 Å². The van der Waals surface area contributed by atoms with Crippen LogP contribution in [0.2, 0.25) is 0 Å². The molecule has 1 aromatic carbocycles. The summed E-state index contributed by atoms with van der Waals surface area (Å²) < 4.78 is 2.19. The normalized spacial score (nSPS) is 18.9. The van der Waals surface area contributed by atoms with Gasteiger partial charge in [0.15, 0.2) is 11.6 Å². The number of carbonyl (C=O) groups excluding carboxylic acids is 1. The Hall–Kier alpha value is -2.74. The highest BCUT2D eigenvalue weighted by atomic mass is 16.4. The van der Waals surface area contributed by atoms with Crippen LogP contribution >= 0.6 is 0 Å². The van der Waals surface area contributed by atoms with Crippen molar-refractivity contribution in [3.63, 3.8) is 0 Å². The third kappa shape index (κ3) is 5.66. The van der Waals surface area contributed by atoms with Crippen molar-refractivity contribution in [2.24, 2.45) is 5.92 Å². The third-order valence-electron chi connectivity index (χ3n) is 5.63. The van der Waals surface area contributed by atoms with E-state index in [1.807, 2.05) is 23.1 Å². The number of carboxylic acid groups (broad SMARTS) is 1. The number of rotatable bonds is 4. The monoisotopic (exact) mass is 413 g/mol. The fourth-order valence-corrected chi connectivity index (χ4v) is 4.16. The van der Waals surface area contributed by atoms with E-state index in [0.29, 0.717) is 18.9 Å². The van der Waals surface area contributed by atoms with Crippen molar-refractivity contribution < 1.29 is 14.7 Å². The Morgan fingerprint density at radius 3 is 2.50 bits per heavy atom. The number of fused-ring (bicyclic) bond motifs is 1. The van der Waals surface area contributed by atoms with Crippen LogP contribution in [0.15, 0.2) is 30.3 Å². The number of hydrogen-bond donors (Lipinski definition) is 2. The van der Waals surface area contributed by atoms with Gasteiger partial charge in [-0.15, -0.1) is 10.2 Å². The van der Waals surface area contributed by atoms with Crippen molar-refractivity contribution in [1.29, 1.82) is 0 Å². The average molecular weight is 414 g/mol. The van der Waals surface area contributed by atoms with Crippen LogP contribution < -0.4 is 5.32 Å². The number of nitrogens with zero attached hydrogens (tertiary/aromatic N) is 4. The maximum Gasteiger partial charge on any atom is 0.300 e. The molecule has 0 spiro atoms. The molecule has 1 aromatic heterocycles. The highest BCUT2D eigenvalue weighted by Crippen LogP contribution is 2.28. The maximum atomic E-state index is 12.7. The second kappa shape index (κ2) is 10.3. The topological polar surface area (TPSA) is 100 Å². The van der Waals surface area contributed by atoms with Gasteiger partial charge in [0.2, 0.25) is 5.91 Å². The summed E-state index contributed by atoms with van der Waals surface area (Å²) in [6, 6.07) is 10.3. The predicted octanol–water partition coefficient (Wildman–Crippen LogP) is 2.72. The summed E-state index contributed by atoms with van der Waals surface area (Å²) >= 11 is 0. The Bertz CT molecular complexity index is 842. The van der Waals surface area contributed by atoms with Crippen molar-refractivity contribution in [2.75, 3.05) is 19.6 Å². The zero-order chi connectivity index (χ0) is 21.5. The lowest BCUT2D eigenvalue weighted by atomic mass is 9.93. The molecule has 8 nitrogen and oxygen atoms in total. The van der Waals surface area contributed by atoms with Gasteiger partial charge in [-0.05, 0) is 45.2 Å². The van der Waals surface area contributed by atoms with Crippen LogP contribution in [-0.4, -0.2) is 56.3 Å². The van der Waals surface area contributed by atoms with E-state index in [-0.39, 0.29) is 11.9 Å². The van der Waals surface area contributed by atoms with Crippen molar-refractivity contribution in [2.45, 2.75) is 52.1 Å². The summed E-state index contributed by atoms with van der Waals surface area (Å²) in [5.74, 6) is 1.90. The molecule has 30 heavy (non-hydrogen) atoms. The molecule has 1 saturated heterocycles. The molecule has 0 unspecified atom stereocenters. The van der Waals surface area contributed by atoms with Crippen LogP contribution in [0.1, 0.15) is 51.4 Å². The predicted molar refractivity (Wildman–Crippen MR) is 114 cm³/mol. The SMILES string of the molecule is CC(=O)O.C[C@H]1CN(C(=O)CCC2CCNCC2)Cc2nnc(-c3ccccc3)n21. The first-order valence-electron chi connectivity index (χ1n) is 10.6. The molecule has 2 aliphatic rings. The largest absolute Gasteiger partial charge is 0.481 e. The number of aromatic nitrogens is 3. The van der Waals surface area contributed by atoms with E-state index in [2.05, 4.69) is 39.1 Å². The average Bonchev–Trinajstić information content (AvgIpc) is 3.18. The van der Waals surface area contributed by atoms with Gasteiger partial charge in [-0.1, -0.05) is 30.3 Å². The maximum absolute atomic E-state index is 12.7. The number of carboxylic acids is 1. The van der Waals surface area contributed by atoms with Crippen LogP contribution in [0, 0.1) is 5.92 Å². The molecule has 1 atom stereocenters. The summed E-state index contributed by atoms with van der Waals surface area (Å²) in [5.41, 5.74) is 1.07. The molecular formula is C22H31N5O3. The summed E-state index contributed by atoms with van der Waals surface area (Å²) in [6.45, 7) is 6.70. The van der Waals surface area contributed by atoms with Crippen LogP contribution in [0.25, 0.3) is 11.4 Å². The van der Waals surface area contributed by atoms with Crippen molar-refractivity contribution >= 4 is 11.9 Å². The molecule has 0 bridgehead atoms. The third-order valence-corrected chi connectivity index (χ3v) is 5.63. The molecule has 8 heteroatoms. The molecule has 1 fully saturated rings. The number of aliphatic carboxylic acids is 1. The fourth-order valence-electron chi connectivity index (χ4n) is 4.16. The second-order valence-electron chi connectivity index (χ2n) is 8.05. The van der Waals surface area contributed by atoms with E-state index >= 15 is 0 Å². The Kier molecular flexibility index (Phi) is 7.57. The quantitative estimate of drug-likeness (QED) is 0.799. The molecular weight excluding hydrogens is 382 g/mol. The van der Waals surface area contributed by atoms with Gasteiger partial charge in [-0.3, -0.25) is 9.59 Å². The van der Waals surface area contributed by atoms with Crippen LogP contribution in [0.5, 0.6) is 0 Å². The molecule has 0 aliphatic carbocycles. The molecule has 1 amide bonds. The second-order valence-corrected chi connectivity index (χ2v) is 8.05. The zero-order valence-electron chi connectivity index (χ0n) is 17.8. The number of hydrogen-bond acceptors (Lipinski definition) is 5. The number of piperidine rings is 1.